The summed E-state index contributed by atoms with van der Waals surface area (Å²) in [6, 6.07) is 17.4. The van der Waals surface area contributed by atoms with Crippen molar-refractivity contribution in [3.8, 4) is 11.8 Å². The van der Waals surface area contributed by atoms with Crippen LogP contribution in [0.4, 0.5) is 0 Å². The second-order valence-electron chi connectivity index (χ2n) is 4.42. The standard InChI is InChI=1S/C18H12O/c19-18-16(11-10-14-6-2-1-3-7-14)13-12-15-8-4-5-9-17(15)18/h1-9,12-13,16H. The van der Waals surface area contributed by atoms with Crippen LogP contribution in [0, 0.1) is 17.8 Å². The van der Waals surface area contributed by atoms with E-state index in [9.17, 15) is 4.79 Å². The predicted octanol–water partition coefficient (Wildman–Crippen LogP) is 3.56. The number of benzene rings is 2. The smallest absolute Gasteiger partial charge is 0.182 e. The first-order chi connectivity index (χ1) is 9.34. The van der Waals surface area contributed by atoms with E-state index < -0.39 is 0 Å². The van der Waals surface area contributed by atoms with Crippen molar-refractivity contribution in [2.24, 2.45) is 5.92 Å². The highest BCUT2D eigenvalue weighted by atomic mass is 16.1. The van der Waals surface area contributed by atoms with Gasteiger partial charge < -0.3 is 0 Å². The van der Waals surface area contributed by atoms with Crippen LogP contribution >= 0.6 is 0 Å². The number of carbonyl (C=O) groups excluding carboxylic acids is 1. The van der Waals surface area contributed by atoms with E-state index in [2.05, 4.69) is 11.8 Å². The van der Waals surface area contributed by atoms with Crippen LogP contribution in [0.3, 0.4) is 0 Å². The Balaban J connectivity index is 1.90. The highest BCUT2D eigenvalue weighted by molar-refractivity contribution is 6.06. The molecule has 3 rings (SSSR count). The van der Waals surface area contributed by atoms with Crippen molar-refractivity contribution >= 4 is 11.9 Å². The van der Waals surface area contributed by atoms with E-state index in [1.165, 1.54) is 0 Å². The fraction of sp³-hybridized carbons (Fsp3) is 0.0556. The van der Waals surface area contributed by atoms with Gasteiger partial charge >= 0.3 is 0 Å². The molecule has 0 spiro atoms. The van der Waals surface area contributed by atoms with Crippen molar-refractivity contribution in [3.63, 3.8) is 0 Å². The number of Topliss-reactive ketones (excluding diaryl/α,β-unsaturated/α-hetero) is 1. The van der Waals surface area contributed by atoms with Gasteiger partial charge in [-0.3, -0.25) is 4.79 Å². The second-order valence-corrected chi connectivity index (χ2v) is 4.42. The van der Waals surface area contributed by atoms with E-state index in [1.807, 2.05) is 66.7 Å². The summed E-state index contributed by atoms with van der Waals surface area (Å²) in [5.41, 5.74) is 2.67. The van der Waals surface area contributed by atoms with Gasteiger partial charge in [-0.05, 0) is 17.7 Å². The van der Waals surface area contributed by atoms with Crippen molar-refractivity contribution in [1.29, 1.82) is 0 Å². The summed E-state index contributed by atoms with van der Waals surface area (Å²) < 4.78 is 0. The Morgan fingerprint density at radius 3 is 2.47 bits per heavy atom. The number of ketones is 1. The number of hydrogen-bond acceptors (Lipinski definition) is 1. The Bertz CT molecular complexity index is 699. The van der Waals surface area contributed by atoms with Gasteiger partial charge in [-0.1, -0.05) is 66.5 Å². The molecule has 0 radical (unpaired) electrons. The average molecular weight is 244 g/mol. The normalized spacial score (nSPS) is 16.4. The summed E-state index contributed by atoms with van der Waals surface area (Å²) in [5.74, 6) is 5.84. The highest BCUT2D eigenvalue weighted by Crippen LogP contribution is 2.22. The van der Waals surface area contributed by atoms with Crippen molar-refractivity contribution in [3.05, 3.63) is 77.4 Å². The topological polar surface area (TPSA) is 17.1 Å². The van der Waals surface area contributed by atoms with Crippen LogP contribution in [0.15, 0.2) is 60.7 Å². The van der Waals surface area contributed by atoms with Gasteiger partial charge in [0.05, 0.1) is 0 Å². The largest absolute Gasteiger partial charge is 0.292 e. The summed E-state index contributed by atoms with van der Waals surface area (Å²) in [5, 5.41) is 0. The summed E-state index contributed by atoms with van der Waals surface area (Å²) in [4.78, 5) is 12.3. The Kier molecular flexibility index (Phi) is 3.00. The molecule has 0 amide bonds. The van der Waals surface area contributed by atoms with Crippen molar-refractivity contribution in [2.45, 2.75) is 0 Å². The van der Waals surface area contributed by atoms with Crippen molar-refractivity contribution in [2.75, 3.05) is 0 Å². The molecule has 1 aliphatic rings. The average Bonchev–Trinajstić information content (AvgIpc) is 2.48. The van der Waals surface area contributed by atoms with Gasteiger partial charge in [-0.15, -0.1) is 0 Å². The zero-order valence-corrected chi connectivity index (χ0v) is 10.3. The van der Waals surface area contributed by atoms with E-state index in [-0.39, 0.29) is 11.7 Å². The lowest BCUT2D eigenvalue weighted by molar-refractivity contribution is 0.0967. The van der Waals surface area contributed by atoms with Gasteiger partial charge in [0, 0.05) is 11.1 Å². The SMILES string of the molecule is O=C1c2ccccc2C=CC1C#Cc1ccccc1. The first-order valence-electron chi connectivity index (χ1n) is 6.22. The van der Waals surface area contributed by atoms with Crippen LogP contribution in [0.1, 0.15) is 21.5 Å². The molecule has 2 aromatic carbocycles. The third kappa shape index (κ3) is 2.34. The molecule has 0 bridgehead atoms. The molecule has 0 fully saturated rings. The molecule has 0 saturated carbocycles. The Morgan fingerprint density at radius 2 is 1.63 bits per heavy atom. The molecule has 19 heavy (non-hydrogen) atoms. The van der Waals surface area contributed by atoms with Crippen LogP contribution in [0.25, 0.3) is 6.08 Å². The number of fused-ring (bicyclic) bond motifs is 1. The molecule has 1 nitrogen and oxygen atoms in total. The molecule has 0 saturated heterocycles. The summed E-state index contributed by atoms with van der Waals surface area (Å²) in [6.45, 7) is 0. The van der Waals surface area contributed by atoms with Crippen LogP contribution in [0.2, 0.25) is 0 Å². The minimum atomic E-state index is -0.338. The predicted molar refractivity (Wildman–Crippen MR) is 76.6 cm³/mol. The molecular formula is C18H12O. The first kappa shape index (κ1) is 11.5. The Labute approximate surface area is 112 Å². The number of allylic oxidation sites excluding steroid dienone is 1. The van der Waals surface area contributed by atoms with Gasteiger partial charge in [-0.2, -0.15) is 0 Å². The lowest BCUT2D eigenvalue weighted by Gasteiger charge is -2.13. The van der Waals surface area contributed by atoms with E-state index >= 15 is 0 Å². The zero-order chi connectivity index (χ0) is 13.1. The monoisotopic (exact) mass is 244 g/mol. The van der Waals surface area contributed by atoms with Crippen molar-refractivity contribution < 1.29 is 4.79 Å². The van der Waals surface area contributed by atoms with Gasteiger partial charge in [0.1, 0.15) is 5.92 Å². The van der Waals surface area contributed by atoms with Gasteiger partial charge in [0.2, 0.25) is 0 Å². The quantitative estimate of drug-likeness (QED) is 0.647. The second kappa shape index (κ2) is 4.96. The van der Waals surface area contributed by atoms with Crippen molar-refractivity contribution in [1.82, 2.24) is 0 Å². The van der Waals surface area contributed by atoms with Crippen LogP contribution in [-0.2, 0) is 0 Å². The maximum absolute atomic E-state index is 12.3. The van der Waals surface area contributed by atoms with E-state index in [0.29, 0.717) is 0 Å². The summed E-state index contributed by atoms with van der Waals surface area (Å²) in [6.07, 6.45) is 3.85. The number of rotatable bonds is 0. The molecule has 90 valence electrons. The molecule has 0 aromatic heterocycles. The van der Waals surface area contributed by atoms with E-state index in [4.69, 9.17) is 0 Å². The molecule has 2 aromatic rings. The fourth-order valence-corrected chi connectivity index (χ4v) is 2.12. The zero-order valence-electron chi connectivity index (χ0n) is 10.3. The van der Waals surface area contributed by atoms with Crippen LogP contribution in [0.5, 0.6) is 0 Å². The Morgan fingerprint density at radius 1 is 0.895 bits per heavy atom. The minimum absolute atomic E-state index is 0.0848. The molecule has 1 heteroatoms. The number of hydrogen-bond donors (Lipinski definition) is 0. The van der Waals surface area contributed by atoms with Gasteiger partial charge in [-0.25, -0.2) is 0 Å². The molecule has 1 atom stereocenters. The number of carbonyl (C=O) groups is 1. The summed E-state index contributed by atoms with van der Waals surface area (Å²) >= 11 is 0. The maximum atomic E-state index is 12.3. The first-order valence-corrected chi connectivity index (χ1v) is 6.22. The molecule has 0 heterocycles. The molecule has 1 aliphatic carbocycles. The van der Waals surface area contributed by atoms with Gasteiger partial charge in [0.15, 0.2) is 5.78 Å². The third-order valence-corrected chi connectivity index (χ3v) is 3.12. The van der Waals surface area contributed by atoms with E-state index in [1.54, 1.807) is 0 Å². The minimum Gasteiger partial charge on any atom is -0.292 e. The molecule has 0 aliphatic heterocycles. The summed E-state index contributed by atoms with van der Waals surface area (Å²) in [7, 11) is 0. The molecular weight excluding hydrogens is 232 g/mol. The Hall–Kier alpha value is -2.59. The maximum Gasteiger partial charge on any atom is 0.182 e. The van der Waals surface area contributed by atoms with Crippen LogP contribution < -0.4 is 0 Å². The molecule has 1 unspecified atom stereocenters. The van der Waals surface area contributed by atoms with Crippen LogP contribution in [-0.4, -0.2) is 5.78 Å². The lowest BCUT2D eigenvalue weighted by atomic mass is 9.88. The molecule has 0 N–H and O–H groups in total. The fourth-order valence-electron chi connectivity index (χ4n) is 2.12. The van der Waals surface area contributed by atoms with E-state index in [0.717, 1.165) is 16.7 Å². The van der Waals surface area contributed by atoms with Gasteiger partial charge in [0.25, 0.3) is 0 Å². The third-order valence-electron chi connectivity index (χ3n) is 3.12. The lowest BCUT2D eigenvalue weighted by Crippen LogP contribution is -2.15. The highest BCUT2D eigenvalue weighted by Gasteiger charge is 2.20.